The Bertz CT molecular complexity index is 186. The lowest BCUT2D eigenvalue weighted by Gasteiger charge is -2.21. The molecule has 0 saturated heterocycles. The highest BCUT2D eigenvalue weighted by Gasteiger charge is 2.21. The molecule has 1 aliphatic carbocycles. The van der Waals surface area contributed by atoms with Gasteiger partial charge in [0.1, 0.15) is 0 Å². The molecule has 1 atom stereocenters. The van der Waals surface area contributed by atoms with Gasteiger partial charge in [-0.2, -0.15) is 0 Å². The monoisotopic (exact) mass is 198 g/mol. The number of carbonyl (C=O) groups is 1. The van der Waals surface area contributed by atoms with Crippen molar-refractivity contribution < 1.29 is 4.79 Å². The Morgan fingerprint density at radius 3 is 2.50 bits per heavy atom. The zero-order valence-corrected chi connectivity index (χ0v) is 9.55. The summed E-state index contributed by atoms with van der Waals surface area (Å²) in [6.45, 7) is 2.67. The van der Waals surface area contributed by atoms with Crippen LogP contribution in [0.4, 0.5) is 0 Å². The highest BCUT2D eigenvalue weighted by Crippen LogP contribution is 2.27. The molecule has 1 rings (SSSR count). The molecule has 82 valence electrons. The fourth-order valence-electron chi connectivity index (χ4n) is 2.03. The normalized spacial score (nSPS) is 19.6. The lowest BCUT2D eigenvalue weighted by atomic mass is 10.00. The first kappa shape index (κ1) is 11.5. The minimum Gasteiger partial charge on any atom is -0.348 e. The lowest BCUT2D eigenvalue weighted by Crippen LogP contribution is -2.40. The molecular weight excluding hydrogens is 176 g/mol. The zero-order chi connectivity index (χ0) is 10.6. The number of amides is 1. The van der Waals surface area contributed by atoms with Crippen molar-refractivity contribution in [3.05, 3.63) is 0 Å². The molecule has 0 radical (unpaired) electrons. The molecule has 0 aromatic carbocycles. The van der Waals surface area contributed by atoms with E-state index in [2.05, 4.69) is 12.2 Å². The van der Waals surface area contributed by atoms with E-state index in [9.17, 15) is 4.79 Å². The van der Waals surface area contributed by atoms with Crippen molar-refractivity contribution in [3.63, 3.8) is 0 Å². The molecule has 1 N–H and O–H groups in total. The van der Waals surface area contributed by atoms with E-state index in [-0.39, 0.29) is 5.91 Å². The van der Waals surface area contributed by atoms with Crippen molar-refractivity contribution in [2.24, 2.45) is 5.92 Å². The summed E-state index contributed by atoms with van der Waals surface area (Å²) in [5.74, 6) is 0.944. The molecule has 1 saturated carbocycles. The minimum atomic E-state index is 0.162. The molecule has 1 amide bonds. The minimum absolute atomic E-state index is 0.162. The van der Waals surface area contributed by atoms with Crippen molar-refractivity contribution in [3.8, 4) is 0 Å². The maximum atomic E-state index is 11.3. The number of likely N-dealkylation sites (N-methyl/N-ethyl adjacent to an activating group) is 1. The van der Waals surface area contributed by atoms with Gasteiger partial charge in [0.15, 0.2) is 0 Å². The zero-order valence-electron chi connectivity index (χ0n) is 9.55. The fraction of sp³-hybridized carbons (Fsp3) is 0.909. The van der Waals surface area contributed by atoms with Crippen molar-refractivity contribution in [1.82, 2.24) is 10.2 Å². The van der Waals surface area contributed by atoms with E-state index < -0.39 is 0 Å². The van der Waals surface area contributed by atoms with Crippen molar-refractivity contribution in [2.45, 2.75) is 38.6 Å². The first-order valence-electron chi connectivity index (χ1n) is 5.55. The van der Waals surface area contributed by atoms with Gasteiger partial charge in [-0.05, 0) is 25.7 Å². The summed E-state index contributed by atoms with van der Waals surface area (Å²) >= 11 is 0. The summed E-state index contributed by atoms with van der Waals surface area (Å²) < 4.78 is 0. The second kappa shape index (κ2) is 5.35. The van der Waals surface area contributed by atoms with Gasteiger partial charge in [-0.15, -0.1) is 0 Å². The Hall–Kier alpha value is -0.570. The maximum Gasteiger partial charge on any atom is 0.236 e. The number of nitrogens with zero attached hydrogens (tertiary/aromatic N) is 1. The Labute approximate surface area is 86.9 Å². The molecule has 0 aromatic rings. The standard InChI is InChI=1S/C11H22N2O/c1-9(10-6-4-5-7-10)12-8-11(14)13(2)3/h9-10,12H,4-8H2,1-3H3. The van der Waals surface area contributed by atoms with Crippen molar-refractivity contribution in [2.75, 3.05) is 20.6 Å². The first-order chi connectivity index (χ1) is 6.61. The predicted octanol–water partition coefficient (Wildman–Crippen LogP) is 1.24. The van der Waals surface area contributed by atoms with Gasteiger partial charge >= 0.3 is 0 Å². The number of rotatable bonds is 4. The fourth-order valence-corrected chi connectivity index (χ4v) is 2.03. The molecule has 0 bridgehead atoms. The van der Waals surface area contributed by atoms with Gasteiger partial charge < -0.3 is 10.2 Å². The van der Waals surface area contributed by atoms with E-state index >= 15 is 0 Å². The number of nitrogens with one attached hydrogen (secondary N) is 1. The second-order valence-corrected chi connectivity index (χ2v) is 4.50. The van der Waals surface area contributed by atoms with Crippen LogP contribution in [0.5, 0.6) is 0 Å². The van der Waals surface area contributed by atoms with Crippen LogP contribution in [-0.2, 0) is 4.79 Å². The van der Waals surface area contributed by atoms with Crippen LogP contribution in [0.25, 0.3) is 0 Å². The summed E-state index contributed by atoms with van der Waals surface area (Å²) in [4.78, 5) is 13.0. The summed E-state index contributed by atoms with van der Waals surface area (Å²) in [5.41, 5.74) is 0. The number of hydrogen-bond donors (Lipinski definition) is 1. The molecular formula is C11H22N2O. The Balaban J connectivity index is 2.20. The van der Waals surface area contributed by atoms with Gasteiger partial charge in [0, 0.05) is 20.1 Å². The summed E-state index contributed by atoms with van der Waals surface area (Å²) in [7, 11) is 3.59. The first-order valence-corrected chi connectivity index (χ1v) is 5.55. The lowest BCUT2D eigenvalue weighted by molar-refractivity contribution is -0.127. The molecule has 1 aliphatic rings. The molecule has 3 heteroatoms. The molecule has 3 nitrogen and oxygen atoms in total. The quantitative estimate of drug-likeness (QED) is 0.737. The van der Waals surface area contributed by atoms with Gasteiger partial charge in [0.05, 0.1) is 6.54 Å². The third kappa shape index (κ3) is 3.29. The molecule has 0 aliphatic heterocycles. The van der Waals surface area contributed by atoms with Crippen LogP contribution in [0, 0.1) is 5.92 Å². The molecule has 1 fully saturated rings. The molecule has 0 aromatic heterocycles. The molecule has 0 spiro atoms. The van der Waals surface area contributed by atoms with E-state index in [1.807, 2.05) is 0 Å². The number of hydrogen-bond acceptors (Lipinski definition) is 2. The van der Waals surface area contributed by atoms with Crippen LogP contribution in [0.15, 0.2) is 0 Å². The van der Waals surface area contributed by atoms with Crippen molar-refractivity contribution in [1.29, 1.82) is 0 Å². The molecule has 0 heterocycles. The van der Waals surface area contributed by atoms with E-state index in [4.69, 9.17) is 0 Å². The Kier molecular flexibility index (Phi) is 4.39. The van der Waals surface area contributed by atoms with Gasteiger partial charge in [0.2, 0.25) is 5.91 Å². The van der Waals surface area contributed by atoms with Crippen LogP contribution in [0.3, 0.4) is 0 Å². The Morgan fingerprint density at radius 1 is 1.43 bits per heavy atom. The summed E-state index contributed by atoms with van der Waals surface area (Å²) in [5, 5.41) is 3.31. The maximum absolute atomic E-state index is 11.3. The third-order valence-electron chi connectivity index (χ3n) is 3.18. The smallest absolute Gasteiger partial charge is 0.236 e. The Morgan fingerprint density at radius 2 is 2.00 bits per heavy atom. The third-order valence-corrected chi connectivity index (χ3v) is 3.18. The largest absolute Gasteiger partial charge is 0.348 e. The van der Waals surface area contributed by atoms with E-state index in [0.29, 0.717) is 12.6 Å². The summed E-state index contributed by atoms with van der Waals surface area (Å²) in [6, 6.07) is 0.487. The molecule has 1 unspecified atom stereocenters. The van der Waals surface area contributed by atoms with E-state index in [1.54, 1.807) is 19.0 Å². The van der Waals surface area contributed by atoms with Crippen LogP contribution in [-0.4, -0.2) is 37.5 Å². The molecule has 14 heavy (non-hydrogen) atoms. The predicted molar refractivity (Wildman–Crippen MR) is 58.1 cm³/mol. The van der Waals surface area contributed by atoms with Crippen LogP contribution in [0.1, 0.15) is 32.6 Å². The second-order valence-electron chi connectivity index (χ2n) is 4.50. The summed E-state index contributed by atoms with van der Waals surface area (Å²) in [6.07, 6.45) is 5.37. The van der Waals surface area contributed by atoms with Gasteiger partial charge in [0.25, 0.3) is 0 Å². The van der Waals surface area contributed by atoms with Gasteiger partial charge in [-0.25, -0.2) is 0 Å². The van der Waals surface area contributed by atoms with Crippen LogP contribution >= 0.6 is 0 Å². The van der Waals surface area contributed by atoms with Gasteiger partial charge in [-0.3, -0.25) is 4.79 Å². The number of carbonyl (C=O) groups excluding carboxylic acids is 1. The van der Waals surface area contributed by atoms with Gasteiger partial charge in [-0.1, -0.05) is 12.8 Å². The van der Waals surface area contributed by atoms with E-state index in [0.717, 1.165) is 5.92 Å². The SMILES string of the molecule is CC(NCC(=O)N(C)C)C1CCCC1. The van der Waals surface area contributed by atoms with Crippen LogP contribution < -0.4 is 5.32 Å². The highest BCUT2D eigenvalue weighted by molar-refractivity contribution is 5.77. The highest BCUT2D eigenvalue weighted by atomic mass is 16.2. The van der Waals surface area contributed by atoms with Crippen LogP contribution in [0.2, 0.25) is 0 Å². The topological polar surface area (TPSA) is 32.3 Å². The average Bonchev–Trinajstić information content (AvgIpc) is 2.66. The van der Waals surface area contributed by atoms with E-state index in [1.165, 1.54) is 25.7 Å². The average molecular weight is 198 g/mol. The van der Waals surface area contributed by atoms with Crippen molar-refractivity contribution >= 4 is 5.91 Å².